The molecule has 1 heterocycles. The second kappa shape index (κ2) is 9.47. The normalized spacial score (nSPS) is 33.1. The molecule has 4 fully saturated rings. The Morgan fingerprint density at radius 2 is 2.00 bits per heavy atom. The molecule has 2 bridgehead atoms. The van der Waals surface area contributed by atoms with Crippen LogP contribution in [-0.2, 0) is 14.3 Å². The molecule has 3 saturated carbocycles. The maximum absolute atomic E-state index is 12.0. The predicted molar refractivity (Wildman–Crippen MR) is 119 cm³/mol. The molecular formula is C20H35IN4O3. The van der Waals surface area contributed by atoms with Crippen LogP contribution in [0.1, 0.15) is 51.4 Å². The third kappa shape index (κ3) is 5.11. The minimum atomic E-state index is -0.331. The lowest BCUT2D eigenvalue weighted by Crippen LogP contribution is -2.48. The average molecular weight is 506 g/mol. The van der Waals surface area contributed by atoms with Crippen LogP contribution in [0.3, 0.4) is 0 Å². The van der Waals surface area contributed by atoms with Crippen molar-refractivity contribution in [2.75, 3.05) is 33.8 Å². The Kier molecular flexibility index (Phi) is 7.47. The minimum absolute atomic E-state index is 0. The third-order valence-electron chi connectivity index (χ3n) is 6.71. The molecule has 4 aliphatic rings. The van der Waals surface area contributed by atoms with Crippen LogP contribution in [0.15, 0.2) is 4.99 Å². The summed E-state index contributed by atoms with van der Waals surface area (Å²) in [5.74, 6) is 2.03. The summed E-state index contributed by atoms with van der Waals surface area (Å²) in [5.41, 5.74) is 0. The van der Waals surface area contributed by atoms with Gasteiger partial charge in [0.15, 0.2) is 11.7 Å². The number of halogens is 1. The Morgan fingerprint density at radius 3 is 2.64 bits per heavy atom. The minimum Gasteiger partial charge on any atom is -0.354 e. The first-order valence-corrected chi connectivity index (χ1v) is 10.6. The largest absolute Gasteiger partial charge is 0.354 e. The highest BCUT2D eigenvalue weighted by Crippen LogP contribution is 2.44. The number of ether oxygens (including phenoxy) is 2. The molecule has 0 aromatic heterocycles. The van der Waals surface area contributed by atoms with Crippen molar-refractivity contribution in [2.24, 2.45) is 16.8 Å². The Hall–Kier alpha value is -0.610. The fourth-order valence-corrected chi connectivity index (χ4v) is 5.14. The lowest BCUT2D eigenvalue weighted by Gasteiger charge is -2.26. The number of carbonyl (C=O) groups is 1. The molecule has 1 saturated heterocycles. The standard InChI is InChI=1S/C20H34N4O3.HI/c1-24(2)18(25)12-22-19(23-17-10-14-5-6-15(17)9-14)21-11-16-13-26-20(27-16)7-3-4-8-20;/h14-17H,3-13H2,1-2H3,(H2,21,22,23);1H. The summed E-state index contributed by atoms with van der Waals surface area (Å²) in [6.45, 7) is 1.45. The van der Waals surface area contributed by atoms with Gasteiger partial charge < -0.3 is 25.0 Å². The average Bonchev–Trinajstić information content (AvgIpc) is 3.44. The van der Waals surface area contributed by atoms with Crippen molar-refractivity contribution in [3.8, 4) is 0 Å². The smallest absolute Gasteiger partial charge is 0.243 e. The highest BCUT2D eigenvalue weighted by molar-refractivity contribution is 14.0. The Balaban J connectivity index is 0.00000225. The van der Waals surface area contributed by atoms with Crippen molar-refractivity contribution < 1.29 is 14.3 Å². The summed E-state index contributed by atoms with van der Waals surface area (Å²) < 4.78 is 12.2. The molecule has 4 unspecified atom stereocenters. The highest BCUT2D eigenvalue weighted by Gasteiger charge is 2.44. The zero-order chi connectivity index (χ0) is 18.9. The van der Waals surface area contributed by atoms with E-state index in [2.05, 4.69) is 15.6 Å². The lowest BCUT2D eigenvalue weighted by molar-refractivity contribution is -0.160. The van der Waals surface area contributed by atoms with Gasteiger partial charge in [0, 0.05) is 39.5 Å². The summed E-state index contributed by atoms with van der Waals surface area (Å²) in [4.78, 5) is 18.1. The maximum Gasteiger partial charge on any atom is 0.243 e. The lowest BCUT2D eigenvalue weighted by atomic mass is 9.95. The first-order chi connectivity index (χ1) is 13.0. The van der Waals surface area contributed by atoms with Crippen LogP contribution in [0.5, 0.6) is 0 Å². The first-order valence-electron chi connectivity index (χ1n) is 10.6. The van der Waals surface area contributed by atoms with Crippen molar-refractivity contribution in [1.82, 2.24) is 15.5 Å². The van der Waals surface area contributed by atoms with Gasteiger partial charge >= 0.3 is 0 Å². The summed E-state index contributed by atoms with van der Waals surface area (Å²) in [5, 5.41) is 7.01. The molecule has 0 aromatic carbocycles. The number of hydrogen-bond donors (Lipinski definition) is 2. The number of guanidine groups is 1. The van der Waals surface area contributed by atoms with E-state index >= 15 is 0 Å². The second-order valence-corrected chi connectivity index (χ2v) is 8.93. The number of likely N-dealkylation sites (N-methyl/N-ethyl adjacent to an activating group) is 1. The van der Waals surface area contributed by atoms with Crippen LogP contribution >= 0.6 is 24.0 Å². The quantitative estimate of drug-likeness (QED) is 0.340. The second-order valence-electron chi connectivity index (χ2n) is 8.93. The van der Waals surface area contributed by atoms with E-state index in [1.165, 1.54) is 38.5 Å². The molecule has 1 aliphatic heterocycles. The molecule has 0 radical (unpaired) electrons. The fraction of sp³-hybridized carbons (Fsp3) is 0.900. The van der Waals surface area contributed by atoms with Gasteiger partial charge in [-0.1, -0.05) is 6.42 Å². The monoisotopic (exact) mass is 506 g/mol. The van der Waals surface area contributed by atoms with E-state index in [9.17, 15) is 4.79 Å². The summed E-state index contributed by atoms with van der Waals surface area (Å²) in [6, 6.07) is 0.478. The first kappa shape index (κ1) is 22.1. The van der Waals surface area contributed by atoms with Crippen molar-refractivity contribution in [1.29, 1.82) is 0 Å². The summed E-state index contributed by atoms with van der Waals surface area (Å²) in [6.07, 6.45) is 9.67. The number of nitrogens with one attached hydrogen (secondary N) is 2. The van der Waals surface area contributed by atoms with Gasteiger partial charge in [-0.2, -0.15) is 0 Å². The number of hydrogen-bond acceptors (Lipinski definition) is 4. The molecule has 160 valence electrons. The van der Waals surface area contributed by atoms with E-state index in [1.807, 2.05) is 0 Å². The van der Waals surface area contributed by atoms with Crippen LogP contribution in [-0.4, -0.2) is 68.5 Å². The van der Waals surface area contributed by atoms with Crippen LogP contribution in [0.25, 0.3) is 0 Å². The molecular weight excluding hydrogens is 471 g/mol. The SMILES string of the molecule is CN(C)C(=O)CN=C(NCC1COC2(CCCC2)O1)NC1CC2CCC1C2.I. The summed E-state index contributed by atoms with van der Waals surface area (Å²) in [7, 11) is 3.53. The van der Waals surface area contributed by atoms with Crippen molar-refractivity contribution in [3.05, 3.63) is 0 Å². The molecule has 1 spiro atoms. The van der Waals surface area contributed by atoms with Gasteiger partial charge in [0.25, 0.3) is 0 Å². The van der Waals surface area contributed by atoms with E-state index in [-0.39, 0.29) is 48.3 Å². The number of amides is 1. The van der Waals surface area contributed by atoms with E-state index in [4.69, 9.17) is 9.47 Å². The van der Waals surface area contributed by atoms with Gasteiger partial charge in [0.2, 0.25) is 5.91 Å². The number of fused-ring (bicyclic) bond motifs is 2. The summed E-state index contributed by atoms with van der Waals surface area (Å²) >= 11 is 0. The van der Waals surface area contributed by atoms with Crippen LogP contribution in [0.2, 0.25) is 0 Å². The zero-order valence-electron chi connectivity index (χ0n) is 17.1. The number of rotatable bonds is 5. The molecule has 2 N–H and O–H groups in total. The zero-order valence-corrected chi connectivity index (χ0v) is 19.4. The Morgan fingerprint density at radius 1 is 1.21 bits per heavy atom. The Labute approximate surface area is 185 Å². The number of aliphatic imine (C=N–C) groups is 1. The molecule has 1 amide bonds. The number of carbonyl (C=O) groups excluding carboxylic acids is 1. The van der Waals surface area contributed by atoms with Gasteiger partial charge in [-0.3, -0.25) is 4.79 Å². The molecule has 0 aromatic rings. The topological polar surface area (TPSA) is 75.2 Å². The van der Waals surface area contributed by atoms with E-state index in [1.54, 1.807) is 19.0 Å². The van der Waals surface area contributed by atoms with Crippen molar-refractivity contribution in [3.63, 3.8) is 0 Å². The third-order valence-corrected chi connectivity index (χ3v) is 6.71. The van der Waals surface area contributed by atoms with Gasteiger partial charge in [-0.15, -0.1) is 24.0 Å². The van der Waals surface area contributed by atoms with Gasteiger partial charge in [-0.05, 0) is 43.9 Å². The van der Waals surface area contributed by atoms with Crippen LogP contribution < -0.4 is 10.6 Å². The molecule has 28 heavy (non-hydrogen) atoms. The van der Waals surface area contributed by atoms with Gasteiger partial charge in [0.1, 0.15) is 12.6 Å². The molecule has 8 heteroatoms. The van der Waals surface area contributed by atoms with Gasteiger partial charge in [0.05, 0.1) is 6.61 Å². The van der Waals surface area contributed by atoms with E-state index in [0.717, 1.165) is 30.6 Å². The van der Waals surface area contributed by atoms with Crippen LogP contribution in [0, 0.1) is 11.8 Å². The molecule has 7 nitrogen and oxygen atoms in total. The maximum atomic E-state index is 12.0. The highest BCUT2D eigenvalue weighted by atomic mass is 127. The van der Waals surface area contributed by atoms with E-state index < -0.39 is 0 Å². The molecule has 3 aliphatic carbocycles. The van der Waals surface area contributed by atoms with Gasteiger partial charge in [-0.25, -0.2) is 4.99 Å². The Bertz CT molecular complexity index is 580. The molecule has 4 rings (SSSR count). The van der Waals surface area contributed by atoms with Crippen molar-refractivity contribution in [2.45, 2.75) is 69.3 Å². The van der Waals surface area contributed by atoms with Crippen molar-refractivity contribution >= 4 is 35.8 Å². The predicted octanol–water partition coefficient (Wildman–Crippen LogP) is 2.10. The van der Waals surface area contributed by atoms with Crippen LogP contribution in [0.4, 0.5) is 0 Å². The molecule has 4 atom stereocenters. The number of nitrogens with zero attached hydrogens (tertiary/aromatic N) is 2. The fourth-order valence-electron chi connectivity index (χ4n) is 5.14. The van der Waals surface area contributed by atoms with E-state index in [0.29, 0.717) is 19.2 Å².